The quantitative estimate of drug-likeness (QED) is 0.821. The summed E-state index contributed by atoms with van der Waals surface area (Å²) in [6, 6.07) is 8.12. The van der Waals surface area contributed by atoms with Crippen molar-refractivity contribution in [3.8, 4) is 0 Å². The number of nitrogens with zero attached hydrogens (tertiary/aromatic N) is 1. The number of benzene rings is 1. The van der Waals surface area contributed by atoms with Crippen LogP contribution in [0.4, 0.5) is 0 Å². The molecule has 0 spiro atoms. The van der Waals surface area contributed by atoms with Crippen molar-refractivity contribution in [2.75, 3.05) is 26.2 Å². The van der Waals surface area contributed by atoms with E-state index in [4.69, 9.17) is 11.6 Å². The third kappa shape index (κ3) is 5.73. The first kappa shape index (κ1) is 18.2. The van der Waals surface area contributed by atoms with Gasteiger partial charge in [0.1, 0.15) is 0 Å². The van der Waals surface area contributed by atoms with Crippen molar-refractivity contribution in [3.63, 3.8) is 0 Å². The lowest BCUT2D eigenvalue weighted by molar-refractivity contribution is 0.0687. The summed E-state index contributed by atoms with van der Waals surface area (Å²) in [6.07, 6.45) is 7.32. The Morgan fingerprint density at radius 3 is 2.25 bits per heavy atom. The lowest BCUT2D eigenvalue weighted by Crippen LogP contribution is -2.39. The van der Waals surface area contributed by atoms with E-state index in [2.05, 4.69) is 22.3 Å². The molecule has 1 aromatic carbocycles. The second-order valence-electron chi connectivity index (χ2n) is 7.68. The van der Waals surface area contributed by atoms with Crippen molar-refractivity contribution in [1.82, 2.24) is 10.2 Å². The number of halogens is 1. The Kier molecular flexibility index (Phi) is 6.96. The fourth-order valence-corrected chi connectivity index (χ4v) is 4.23. The first-order valence-electron chi connectivity index (χ1n) is 9.54. The second-order valence-corrected chi connectivity index (χ2v) is 8.11. The Hall–Kier alpha value is -0.610. The van der Waals surface area contributed by atoms with Crippen molar-refractivity contribution in [3.05, 3.63) is 34.9 Å². The summed E-state index contributed by atoms with van der Waals surface area (Å²) in [6.45, 7) is 5.49. The van der Waals surface area contributed by atoms with Gasteiger partial charge in [-0.1, -0.05) is 23.7 Å². The molecule has 3 rings (SSSR count). The summed E-state index contributed by atoms with van der Waals surface area (Å²) in [5, 5.41) is 14.0. The van der Waals surface area contributed by atoms with Crippen LogP contribution in [0, 0.1) is 11.8 Å². The van der Waals surface area contributed by atoms with Gasteiger partial charge in [0.05, 0.1) is 6.10 Å². The Labute approximate surface area is 151 Å². The molecule has 0 amide bonds. The molecule has 0 bridgehead atoms. The number of hydrogen-bond acceptors (Lipinski definition) is 3. The first-order valence-corrected chi connectivity index (χ1v) is 9.92. The molecule has 134 valence electrons. The van der Waals surface area contributed by atoms with Gasteiger partial charge in [-0.25, -0.2) is 0 Å². The van der Waals surface area contributed by atoms with Crippen LogP contribution >= 0.6 is 11.6 Å². The largest absolute Gasteiger partial charge is 0.393 e. The summed E-state index contributed by atoms with van der Waals surface area (Å²) in [7, 11) is 0. The van der Waals surface area contributed by atoms with Crippen LogP contribution in [-0.4, -0.2) is 42.3 Å². The summed E-state index contributed by atoms with van der Waals surface area (Å²) in [5.41, 5.74) is 1.31. The zero-order chi connectivity index (χ0) is 16.8. The molecule has 1 aliphatic carbocycles. The normalized spacial score (nSPS) is 26.6. The molecule has 4 heteroatoms. The summed E-state index contributed by atoms with van der Waals surface area (Å²) in [4.78, 5) is 2.57. The third-order valence-electron chi connectivity index (χ3n) is 5.72. The van der Waals surface area contributed by atoms with Crippen LogP contribution in [0.15, 0.2) is 24.3 Å². The molecule has 2 fully saturated rings. The van der Waals surface area contributed by atoms with Crippen LogP contribution in [0.1, 0.15) is 44.1 Å². The lowest BCUT2D eigenvalue weighted by atomic mass is 9.81. The average Bonchev–Trinajstić information content (AvgIpc) is 2.60. The lowest BCUT2D eigenvalue weighted by Gasteiger charge is -2.35. The van der Waals surface area contributed by atoms with Gasteiger partial charge in [0.15, 0.2) is 0 Å². The van der Waals surface area contributed by atoms with E-state index in [1.165, 1.54) is 37.8 Å². The molecule has 3 nitrogen and oxygen atoms in total. The van der Waals surface area contributed by atoms with Gasteiger partial charge < -0.3 is 15.3 Å². The summed E-state index contributed by atoms with van der Waals surface area (Å²) < 4.78 is 0. The molecule has 1 saturated heterocycles. The summed E-state index contributed by atoms with van der Waals surface area (Å²) >= 11 is 5.92. The molecule has 2 N–H and O–H groups in total. The minimum absolute atomic E-state index is 0.0521. The van der Waals surface area contributed by atoms with Crippen molar-refractivity contribution in [1.29, 1.82) is 0 Å². The maximum absolute atomic E-state index is 9.61. The van der Waals surface area contributed by atoms with Gasteiger partial charge in [0.25, 0.3) is 0 Å². The van der Waals surface area contributed by atoms with E-state index in [0.717, 1.165) is 55.9 Å². The highest BCUT2D eigenvalue weighted by Gasteiger charge is 2.24. The maximum atomic E-state index is 9.61. The van der Waals surface area contributed by atoms with Gasteiger partial charge in [-0.05, 0) is 74.6 Å². The fraction of sp³-hybridized carbons (Fsp3) is 0.700. The van der Waals surface area contributed by atoms with E-state index in [0.29, 0.717) is 0 Å². The predicted octanol–water partition coefficient (Wildman–Crippen LogP) is 3.69. The van der Waals surface area contributed by atoms with Gasteiger partial charge in [-0.2, -0.15) is 0 Å². The number of nitrogens with one attached hydrogen (secondary N) is 1. The molecule has 0 unspecified atom stereocenters. The number of piperidine rings is 1. The predicted molar refractivity (Wildman–Crippen MR) is 100 cm³/mol. The summed E-state index contributed by atoms with van der Waals surface area (Å²) in [5.74, 6) is 1.70. The highest BCUT2D eigenvalue weighted by molar-refractivity contribution is 6.30. The SMILES string of the molecule is OC1CCN(CC2CCC(CNCc3ccc(Cl)cc3)CC2)CC1. The molecule has 24 heavy (non-hydrogen) atoms. The molecule has 1 aromatic rings. The van der Waals surface area contributed by atoms with Crippen molar-refractivity contribution < 1.29 is 5.11 Å². The number of rotatable bonds is 6. The number of hydrogen-bond donors (Lipinski definition) is 2. The van der Waals surface area contributed by atoms with Gasteiger partial charge in [-0.15, -0.1) is 0 Å². The number of likely N-dealkylation sites (tertiary alicyclic amines) is 1. The first-order chi connectivity index (χ1) is 11.7. The zero-order valence-electron chi connectivity index (χ0n) is 14.6. The van der Waals surface area contributed by atoms with E-state index in [9.17, 15) is 5.11 Å². The van der Waals surface area contributed by atoms with Crippen LogP contribution in [0.25, 0.3) is 0 Å². The minimum atomic E-state index is -0.0521. The molecule has 0 radical (unpaired) electrons. The Morgan fingerprint density at radius 1 is 0.958 bits per heavy atom. The van der Waals surface area contributed by atoms with Crippen LogP contribution in [0.2, 0.25) is 5.02 Å². The Morgan fingerprint density at radius 2 is 1.58 bits per heavy atom. The molecule has 1 aliphatic heterocycles. The van der Waals surface area contributed by atoms with Crippen molar-refractivity contribution in [2.45, 2.75) is 51.2 Å². The van der Waals surface area contributed by atoms with Crippen LogP contribution < -0.4 is 5.32 Å². The zero-order valence-corrected chi connectivity index (χ0v) is 15.3. The molecule has 0 atom stereocenters. The molecular formula is C20H31ClN2O. The monoisotopic (exact) mass is 350 g/mol. The standard InChI is InChI=1S/C20H31ClN2O/c21-19-7-5-17(6-8-19)14-22-13-16-1-3-18(4-2-16)15-23-11-9-20(24)10-12-23/h5-8,16,18,20,22,24H,1-4,9-15H2. The number of aliphatic hydroxyl groups is 1. The van der Waals surface area contributed by atoms with Gasteiger partial charge >= 0.3 is 0 Å². The molecule has 1 heterocycles. The van der Waals surface area contributed by atoms with E-state index < -0.39 is 0 Å². The van der Waals surface area contributed by atoms with Gasteiger partial charge in [-0.3, -0.25) is 0 Å². The Bertz CT molecular complexity index is 477. The smallest absolute Gasteiger partial charge is 0.0564 e. The van der Waals surface area contributed by atoms with Crippen molar-refractivity contribution >= 4 is 11.6 Å². The maximum Gasteiger partial charge on any atom is 0.0564 e. The topological polar surface area (TPSA) is 35.5 Å². The molecule has 0 aromatic heterocycles. The molecular weight excluding hydrogens is 320 g/mol. The highest BCUT2D eigenvalue weighted by Crippen LogP contribution is 2.29. The van der Waals surface area contributed by atoms with E-state index >= 15 is 0 Å². The van der Waals surface area contributed by atoms with E-state index in [1.807, 2.05) is 12.1 Å². The highest BCUT2D eigenvalue weighted by atomic mass is 35.5. The van der Waals surface area contributed by atoms with Crippen LogP contribution in [0.3, 0.4) is 0 Å². The average molecular weight is 351 g/mol. The molecule has 2 aliphatic rings. The van der Waals surface area contributed by atoms with Crippen LogP contribution in [0.5, 0.6) is 0 Å². The van der Waals surface area contributed by atoms with E-state index in [-0.39, 0.29) is 6.10 Å². The van der Waals surface area contributed by atoms with Crippen LogP contribution in [-0.2, 0) is 6.54 Å². The minimum Gasteiger partial charge on any atom is -0.393 e. The second kappa shape index (κ2) is 9.19. The van der Waals surface area contributed by atoms with Gasteiger partial charge in [0.2, 0.25) is 0 Å². The number of aliphatic hydroxyl groups excluding tert-OH is 1. The van der Waals surface area contributed by atoms with Gasteiger partial charge in [0, 0.05) is 31.2 Å². The van der Waals surface area contributed by atoms with Crippen molar-refractivity contribution in [2.24, 2.45) is 11.8 Å². The third-order valence-corrected chi connectivity index (χ3v) is 5.97. The van der Waals surface area contributed by atoms with E-state index in [1.54, 1.807) is 0 Å². The molecule has 1 saturated carbocycles. The fourth-order valence-electron chi connectivity index (χ4n) is 4.11. The Balaban J connectivity index is 1.30.